The Morgan fingerprint density at radius 3 is 2.08 bits per heavy atom. The zero-order chi connectivity index (χ0) is 25.4. The Labute approximate surface area is 204 Å². The molecule has 0 saturated carbocycles. The summed E-state index contributed by atoms with van der Waals surface area (Å²) in [5, 5.41) is 1.47. The molecule has 2 amide bonds. The van der Waals surface area contributed by atoms with Crippen molar-refractivity contribution in [2.75, 3.05) is 16.6 Å². The van der Waals surface area contributed by atoms with E-state index in [2.05, 4.69) is 4.74 Å². The fraction of sp³-hybridized carbons (Fsp3) is 0.231. The van der Waals surface area contributed by atoms with Gasteiger partial charge < -0.3 is 9.47 Å². The Bertz CT molecular complexity index is 1250. The molecule has 3 aromatic carbocycles. The van der Waals surface area contributed by atoms with Crippen LogP contribution in [0.25, 0.3) is 0 Å². The van der Waals surface area contributed by atoms with Crippen LogP contribution in [0.15, 0.2) is 78.9 Å². The van der Waals surface area contributed by atoms with Gasteiger partial charge in [0.1, 0.15) is 17.4 Å². The number of hydroxylamine groups is 1. The summed E-state index contributed by atoms with van der Waals surface area (Å²) in [4.78, 5) is 34.1. The lowest BCUT2D eigenvalue weighted by molar-refractivity contribution is -0.274. The van der Waals surface area contributed by atoms with E-state index in [1.54, 1.807) is 48.5 Å². The third kappa shape index (κ3) is 4.35. The van der Waals surface area contributed by atoms with E-state index in [0.29, 0.717) is 29.3 Å². The minimum Gasteiger partial charge on any atom is -0.494 e. The predicted octanol–water partition coefficient (Wildman–Crippen LogP) is 5.04. The molecule has 3 atom stereocenters. The molecular weight excluding hydrogens is 477 g/mol. The molecule has 0 aromatic heterocycles. The van der Waals surface area contributed by atoms with E-state index in [1.807, 2.05) is 13.0 Å². The summed E-state index contributed by atoms with van der Waals surface area (Å²) < 4.78 is 47.3. The number of hydrogen-bond acceptors (Lipinski definition) is 6. The first kappa shape index (κ1) is 23.7. The van der Waals surface area contributed by atoms with Crippen molar-refractivity contribution in [3.05, 3.63) is 84.4 Å². The molecule has 3 aromatic rings. The maximum atomic E-state index is 13.6. The number of alkyl halides is 3. The maximum Gasteiger partial charge on any atom is 0.573 e. The summed E-state index contributed by atoms with van der Waals surface area (Å²) in [6.45, 7) is 2.32. The molecule has 186 valence electrons. The zero-order valence-electron chi connectivity index (χ0n) is 19.0. The average Bonchev–Trinajstić information content (AvgIpc) is 3.36. The number of halogens is 3. The molecule has 2 saturated heterocycles. The van der Waals surface area contributed by atoms with E-state index in [-0.39, 0.29) is 0 Å². The molecule has 2 aliphatic heterocycles. The van der Waals surface area contributed by atoms with E-state index in [9.17, 15) is 22.8 Å². The SMILES string of the molecule is CCOc1ccc(N2C(=O)[C@@H]3[C@H](ON(c4ccccc4)[C@H]3c3ccc(OC(F)(F)F)cc3)C2=O)cc1. The summed E-state index contributed by atoms with van der Waals surface area (Å²) in [5.74, 6) is -1.69. The quantitative estimate of drug-likeness (QED) is 0.444. The summed E-state index contributed by atoms with van der Waals surface area (Å²) in [6, 6.07) is 19.9. The van der Waals surface area contributed by atoms with Crippen LogP contribution >= 0.6 is 0 Å². The minimum atomic E-state index is -4.83. The number of anilines is 2. The van der Waals surface area contributed by atoms with Gasteiger partial charge in [-0.3, -0.25) is 14.4 Å². The molecule has 0 aliphatic carbocycles. The first-order valence-corrected chi connectivity index (χ1v) is 11.2. The molecule has 0 spiro atoms. The molecular formula is C26H21F3N2O5. The Kier molecular flexibility index (Phi) is 6.05. The second kappa shape index (κ2) is 9.19. The third-order valence-corrected chi connectivity index (χ3v) is 5.99. The summed E-state index contributed by atoms with van der Waals surface area (Å²) in [7, 11) is 0. The highest BCUT2D eigenvalue weighted by Crippen LogP contribution is 2.48. The molecule has 2 fully saturated rings. The van der Waals surface area contributed by atoms with Crippen LogP contribution in [-0.4, -0.2) is 30.9 Å². The normalized spacial score (nSPS) is 21.6. The molecule has 2 heterocycles. The van der Waals surface area contributed by atoms with E-state index in [0.717, 1.165) is 4.90 Å². The van der Waals surface area contributed by atoms with Crippen molar-refractivity contribution in [3.63, 3.8) is 0 Å². The van der Waals surface area contributed by atoms with Crippen LogP contribution in [0.4, 0.5) is 24.5 Å². The number of amides is 2. The van der Waals surface area contributed by atoms with Crippen LogP contribution in [0, 0.1) is 5.92 Å². The van der Waals surface area contributed by atoms with Gasteiger partial charge in [0.05, 0.1) is 24.0 Å². The van der Waals surface area contributed by atoms with Crippen LogP contribution in [0.5, 0.6) is 11.5 Å². The fourth-order valence-electron chi connectivity index (χ4n) is 4.53. The van der Waals surface area contributed by atoms with Crippen LogP contribution < -0.4 is 19.4 Å². The predicted molar refractivity (Wildman–Crippen MR) is 123 cm³/mol. The van der Waals surface area contributed by atoms with Crippen LogP contribution in [0.1, 0.15) is 18.5 Å². The van der Waals surface area contributed by atoms with Crippen LogP contribution in [0.3, 0.4) is 0 Å². The van der Waals surface area contributed by atoms with E-state index < -0.39 is 42.0 Å². The van der Waals surface area contributed by atoms with Gasteiger partial charge in [0, 0.05) is 0 Å². The number of imide groups is 1. The van der Waals surface area contributed by atoms with Gasteiger partial charge in [-0.25, -0.2) is 9.96 Å². The Morgan fingerprint density at radius 1 is 0.833 bits per heavy atom. The highest BCUT2D eigenvalue weighted by atomic mass is 19.4. The van der Waals surface area contributed by atoms with Crippen molar-refractivity contribution in [2.24, 2.45) is 5.92 Å². The molecule has 10 heteroatoms. The van der Waals surface area contributed by atoms with Gasteiger partial charge in [-0.2, -0.15) is 0 Å². The van der Waals surface area contributed by atoms with Gasteiger partial charge in [0.2, 0.25) is 5.91 Å². The first-order valence-electron chi connectivity index (χ1n) is 11.2. The number of carbonyl (C=O) groups is 2. The number of fused-ring (bicyclic) bond motifs is 1. The fourth-order valence-corrected chi connectivity index (χ4v) is 4.53. The Hall–Kier alpha value is -4.05. The van der Waals surface area contributed by atoms with Crippen molar-refractivity contribution >= 4 is 23.2 Å². The van der Waals surface area contributed by atoms with E-state index >= 15 is 0 Å². The molecule has 5 rings (SSSR count). The number of ether oxygens (including phenoxy) is 2. The lowest BCUT2D eigenvalue weighted by Crippen LogP contribution is -2.37. The first-order chi connectivity index (χ1) is 17.3. The van der Waals surface area contributed by atoms with Crippen LogP contribution in [0.2, 0.25) is 0 Å². The minimum absolute atomic E-state index is 0.380. The molecule has 0 unspecified atom stereocenters. The number of carbonyl (C=O) groups excluding carboxylic acids is 2. The molecule has 36 heavy (non-hydrogen) atoms. The monoisotopic (exact) mass is 498 g/mol. The highest BCUT2D eigenvalue weighted by Gasteiger charge is 2.60. The molecule has 0 bridgehead atoms. The van der Waals surface area contributed by atoms with E-state index in [4.69, 9.17) is 9.57 Å². The second-order valence-corrected chi connectivity index (χ2v) is 8.21. The number of para-hydroxylation sites is 1. The van der Waals surface area contributed by atoms with Crippen molar-refractivity contribution in [1.29, 1.82) is 0 Å². The van der Waals surface area contributed by atoms with Crippen molar-refractivity contribution in [3.8, 4) is 11.5 Å². The van der Waals surface area contributed by atoms with Gasteiger partial charge in [-0.1, -0.05) is 30.3 Å². The average molecular weight is 498 g/mol. The Balaban J connectivity index is 1.50. The molecule has 0 N–H and O–H groups in total. The molecule has 7 nitrogen and oxygen atoms in total. The van der Waals surface area contributed by atoms with Gasteiger partial charge in [-0.05, 0) is 61.0 Å². The standard InChI is InChI=1S/C26H21F3N2O5/c1-2-34-19-14-10-17(11-15-19)30-24(32)21-22(16-8-12-20(13-9-16)35-26(27,28)29)31(36-23(21)25(30)33)18-6-4-3-5-7-18/h3-15,21-23H,2H2,1H3/t21-,22-,23-/m0/s1. The van der Waals surface area contributed by atoms with Gasteiger partial charge >= 0.3 is 6.36 Å². The van der Waals surface area contributed by atoms with Crippen molar-refractivity contribution < 1.29 is 37.1 Å². The third-order valence-electron chi connectivity index (χ3n) is 5.99. The lowest BCUT2D eigenvalue weighted by atomic mass is 9.90. The number of hydrogen-bond donors (Lipinski definition) is 0. The van der Waals surface area contributed by atoms with Crippen molar-refractivity contribution in [1.82, 2.24) is 0 Å². The van der Waals surface area contributed by atoms with Crippen LogP contribution in [-0.2, 0) is 14.4 Å². The Morgan fingerprint density at radius 2 is 1.47 bits per heavy atom. The number of rotatable bonds is 6. The highest BCUT2D eigenvalue weighted by molar-refractivity contribution is 6.23. The molecule has 0 radical (unpaired) electrons. The van der Waals surface area contributed by atoms with Gasteiger partial charge in [0.25, 0.3) is 5.91 Å². The summed E-state index contributed by atoms with van der Waals surface area (Å²) in [5.41, 5.74) is 1.47. The van der Waals surface area contributed by atoms with E-state index in [1.165, 1.54) is 29.3 Å². The zero-order valence-corrected chi connectivity index (χ0v) is 19.0. The summed E-state index contributed by atoms with van der Waals surface area (Å²) in [6.07, 6.45) is -5.93. The lowest BCUT2D eigenvalue weighted by Gasteiger charge is -2.29. The largest absolute Gasteiger partial charge is 0.573 e. The van der Waals surface area contributed by atoms with Gasteiger partial charge in [0.15, 0.2) is 6.10 Å². The van der Waals surface area contributed by atoms with Crippen molar-refractivity contribution in [2.45, 2.75) is 25.4 Å². The molecule has 2 aliphatic rings. The maximum absolute atomic E-state index is 13.6. The number of nitrogens with zero attached hydrogens (tertiary/aromatic N) is 2. The summed E-state index contributed by atoms with van der Waals surface area (Å²) >= 11 is 0. The second-order valence-electron chi connectivity index (χ2n) is 8.21. The smallest absolute Gasteiger partial charge is 0.494 e. The topological polar surface area (TPSA) is 68.3 Å². The van der Waals surface area contributed by atoms with Gasteiger partial charge in [-0.15, -0.1) is 13.2 Å². The number of benzene rings is 3.